The van der Waals surface area contributed by atoms with Crippen LogP contribution >= 0.6 is 0 Å². The third-order valence-electron chi connectivity index (χ3n) is 5.32. The van der Waals surface area contributed by atoms with Crippen molar-refractivity contribution in [2.75, 3.05) is 18.9 Å². The van der Waals surface area contributed by atoms with Crippen molar-refractivity contribution in [3.05, 3.63) is 54.5 Å². The topological polar surface area (TPSA) is 135 Å². The lowest BCUT2D eigenvalue weighted by molar-refractivity contribution is -0.143. The lowest BCUT2D eigenvalue weighted by Gasteiger charge is -2.16. The average molecular weight is 432 g/mol. The van der Waals surface area contributed by atoms with Crippen LogP contribution < -0.4 is 5.32 Å². The van der Waals surface area contributed by atoms with Crippen molar-refractivity contribution in [3.63, 3.8) is 0 Å². The number of nitrogens with zero attached hydrogens (tertiary/aromatic N) is 7. The molecule has 2 N–H and O–H groups in total. The Morgan fingerprint density at radius 3 is 2.69 bits per heavy atom. The van der Waals surface area contributed by atoms with Crippen LogP contribution in [0.5, 0.6) is 0 Å². The Morgan fingerprint density at radius 1 is 1.12 bits per heavy atom. The average Bonchev–Trinajstić information content (AvgIpc) is 3.52. The van der Waals surface area contributed by atoms with E-state index in [0.717, 1.165) is 0 Å². The van der Waals surface area contributed by atoms with Gasteiger partial charge in [-0.05, 0) is 18.2 Å². The SMILES string of the molecule is CN1CCC(O)(c2cc(-c3cccc(-c4ccnc(Nc5ccn(C)n5)n4)n3)on2)C1=O. The number of rotatable bonds is 5. The van der Waals surface area contributed by atoms with E-state index in [2.05, 4.69) is 30.5 Å². The molecule has 1 aliphatic rings. The van der Waals surface area contributed by atoms with Crippen molar-refractivity contribution in [1.82, 2.24) is 34.8 Å². The van der Waals surface area contributed by atoms with Crippen molar-refractivity contribution in [2.24, 2.45) is 7.05 Å². The molecule has 0 saturated carbocycles. The van der Waals surface area contributed by atoms with Gasteiger partial charge in [0.15, 0.2) is 17.2 Å². The molecule has 1 aliphatic heterocycles. The van der Waals surface area contributed by atoms with Gasteiger partial charge in [-0.15, -0.1) is 0 Å². The number of aliphatic hydroxyl groups is 1. The zero-order valence-corrected chi connectivity index (χ0v) is 17.4. The second-order valence-corrected chi connectivity index (χ2v) is 7.59. The fourth-order valence-corrected chi connectivity index (χ4v) is 3.55. The maximum atomic E-state index is 12.3. The fraction of sp³-hybridized carbons (Fsp3) is 0.238. The van der Waals surface area contributed by atoms with E-state index in [0.29, 0.717) is 41.2 Å². The molecule has 1 saturated heterocycles. The number of carbonyl (C=O) groups excluding carboxylic acids is 1. The summed E-state index contributed by atoms with van der Waals surface area (Å²) in [6.45, 7) is 0.452. The largest absolute Gasteiger partial charge is 0.374 e. The van der Waals surface area contributed by atoms with Crippen LogP contribution in [0.15, 0.2) is 53.3 Å². The van der Waals surface area contributed by atoms with Crippen LogP contribution in [-0.2, 0) is 17.4 Å². The predicted molar refractivity (Wildman–Crippen MR) is 113 cm³/mol. The molecule has 11 nitrogen and oxygen atoms in total. The molecule has 0 bridgehead atoms. The number of pyridine rings is 1. The number of likely N-dealkylation sites (N-methyl/N-ethyl adjacent to an activating group) is 1. The predicted octanol–water partition coefficient (Wildman–Crippen LogP) is 1.72. The summed E-state index contributed by atoms with van der Waals surface area (Å²) < 4.78 is 7.09. The van der Waals surface area contributed by atoms with Crippen molar-refractivity contribution < 1.29 is 14.4 Å². The summed E-state index contributed by atoms with van der Waals surface area (Å²) >= 11 is 0. The molecular formula is C21H20N8O3. The minimum Gasteiger partial charge on any atom is -0.374 e. The number of amides is 1. The number of aromatic nitrogens is 6. The van der Waals surface area contributed by atoms with Crippen LogP contribution in [0.3, 0.4) is 0 Å². The maximum Gasteiger partial charge on any atom is 0.260 e. The van der Waals surface area contributed by atoms with E-state index < -0.39 is 11.5 Å². The summed E-state index contributed by atoms with van der Waals surface area (Å²) in [4.78, 5) is 27.2. The Kier molecular flexibility index (Phi) is 4.67. The van der Waals surface area contributed by atoms with Gasteiger partial charge in [-0.3, -0.25) is 9.48 Å². The van der Waals surface area contributed by atoms with Crippen LogP contribution in [0.2, 0.25) is 0 Å². The zero-order valence-electron chi connectivity index (χ0n) is 17.4. The van der Waals surface area contributed by atoms with Gasteiger partial charge in [-0.25, -0.2) is 15.0 Å². The molecule has 1 unspecified atom stereocenters. The standard InChI is InChI=1S/C21H20N8O3/c1-28-11-8-21(31,19(28)30)17-12-16(32-27-17)15-5-3-4-13(23-15)14-6-9-22-20(24-14)25-18-7-10-29(2)26-18/h3-7,9-10,12,31H,8,11H2,1-2H3,(H,22,24,25,26). The van der Waals surface area contributed by atoms with Crippen molar-refractivity contribution in [2.45, 2.75) is 12.0 Å². The number of carbonyl (C=O) groups is 1. The van der Waals surface area contributed by atoms with E-state index in [9.17, 15) is 9.90 Å². The van der Waals surface area contributed by atoms with E-state index in [-0.39, 0.29) is 12.1 Å². The van der Waals surface area contributed by atoms with E-state index in [1.54, 1.807) is 36.1 Å². The molecule has 162 valence electrons. The lowest BCUT2D eigenvalue weighted by atomic mass is 9.97. The molecule has 5 heterocycles. The summed E-state index contributed by atoms with van der Waals surface area (Å²) in [5, 5.41) is 22.0. The third kappa shape index (κ3) is 3.48. The van der Waals surface area contributed by atoms with Gasteiger partial charge in [-0.2, -0.15) is 5.10 Å². The van der Waals surface area contributed by atoms with Crippen LogP contribution in [0, 0.1) is 0 Å². The molecule has 11 heteroatoms. The monoisotopic (exact) mass is 432 g/mol. The van der Waals surface area contributed by atoms with Crippen molar-refractivity contribution in [1.29, 1.82) is 0 Å². The van der Waals surface area contributed by atoms with E-state index in [1.165, 1.54) is 4.90 Å². The molecule has 0 aliphatic carbocycles. The molecule has 4 aromatic rings. The molecule has 1 atom stereocenters. The van der Waals surface area contributed by atoms with Crippen LogP contribution in [0.4, 0.5) is 11.8 Å². The number of anilines is 2. The number of hydrogen-bond donors (Lipinski definition) is 2. The van der Waals surface area contributed by atoms with Gasteiger partial charge in [0.2, 0.25) is 5.95 Å². The highest BCUT2D eigenvalue weighted by Crippen LogP contribution is 2.34. The Morgan fingerprint density at radius 2 is 1.94 bits per heavy atom. The highest BCUT2D eigenvalue weighted by atomic mass is 16.5. The zero-order chi connectivity index (χ0) is 22.3. The summed E-state index contributed by atoms with van der Waals surface area (Å²) in [6, 6.07) is 10.5. The first-order chi connectivity index (χ1) is 15.4. The fourth-order valence-electron chi connectivity index (χ4n) is 3.55. The number of hydrogen-bond acceptors (Lipinski definition) is 9. The van der Waals surface area contributed by atoms with Gasteiger partial charge in [0, 0.05) is 51.6 Å². The Balaban J connectivity index is 1.42. The molecule has 0 radical (unpaired) electrons. The molecule has 4 aromatic heterocycles. The van der Waals surface area contributed by atoms with Gasteiger partial charge >= 0.3 is 0 Å². The Hall–Kier alpha value is -4.12. The first kappa shape index (κ1) is 19.8. The summed E-state index contributed by atoms with van der Waals surface area (Å²) in [6.07, 6.45) is 3.71. The first-order valence-electron chi connectivity index (χ1n) is 9.95. The summed E-state index contributed by atoms with van der Waals surface area (Å²) in [7, 11) is 3.47. The highest BCUT2D eigenvalue weighted by molar-refractivity contribution is 5.88. The smallest absolute Gasteiger partial charge is 0.260 e. The number of aryl methyl sites for hydroxylation is 1. The van der Waals surface area contributed by atoms with Gasteiger partial charge in [0.1, 0.15) is 11.4 Å². The van der Waals surface area contributed by atoms with Crippen molar-refractivity contribution in [3.8, 4) is 22.8 Å². The van der Waals surface area contributed by atoms with Gasteiger partial charge in [-0.1, -0.05) is 11.2 Å². The molecule has 5 rings (SSSR count). The second kappa shape index (κ2) is 7.54. The van der Waals surface area contributed by atoms with Gasteiger partial charge < -0.3 is 19.8 Å². The second-order valence-electron chi connectivity index (χ2n) is 7.59. The highest BCUT2D eigenvalue weighted by Gasteiger charge is 2.47. The third-order valence-corrected chi connectivity index (χ3v) is 5.32. The van der Waals surface area contributed by atoms with Crippen LogP contribution in [0.25, 0.3) is 22.8 Å². The van der Waals surface area contributed by atoms with Gasteiger partial charge in [0.25, 0.3) is 5.91 Å². The van der Waals surface area contributed by atoms with Crippen LogP contribution in [-0.4, -0.2) is 59.4 Å². The summed E-state index contributed by atoms with van der Waals surface area (Å²) in [5.74, 6) is 0.971. The molecule has 0 spiro atoms. The minimum atomic E-state index is -1.67. The summed E-state index contributed by atoms with van der Waals surface area (Å²) in [5.41, 5.74) is 0.209. The normalized spacial score (nSPS) is 18.3. The molecule has 32 heavy (non-hydrogen) atoms. The van der Waals surface area contributed by atoms with E-state index in [1.807, 2.05) is 31.4 Å². The lowest BCUT2D eigenvalue weighted by Crippen LogP contribution is -2.36. The molecule has 1 fully saturated rings. The molecule has 0 aromatic carbocycles. The first-order valence-corrected chi connectivity index (χ1v) is 9.95. The van der Waals surface area contributed by atoms with Crippen LogP contribution in [0.1, 0.15) is 12.1 Å². The maximum absolute atomic E-state index is 12.3. The van der Waals surface area contributed by atoms with Gasteiger partial charge in [0.05, 0.1) is 11.4 Å². The Labute approximate surface area is 182 Å². The molecular weight excluding hydrogens is 412 g/mol. The van der Waals surface area contributed by atoms with E-state index in [4.69, 9.17) is 4.52 Å². The number of likely N-dealkylation sites (tertiary alicyclic amines) is 1. The Bertz CT molecular complexity index is 1300. The minimum absolute atomic E-state index is 0.179. The van der Waals surface area contributed by atoms with Crippen molar-refractivity contribution >= 4 is 17.7 Å². The quantitative estimate of drug-likeness (QED) is 0.483. The number of nitrogens with one attached hydrogen (secondary N) is 1. The van der Waals surface area contributed by atoms with E-state index >= 15 is 0 Å². The molecule has 1 amide bonds.